The van der Waals surface area contributed by atoms with E-state index in [4.69, 9.17) is 0 Å². The fourth-order valence-corrected chi connectivity index (χ4v) is 10.6. The van der Waals surface area contributed by atoms with Crippen LogP contribution < -0.4 is 0 Å². The van der Waals surface area contributed by atoms with Crippen LogP contribution in [-0.4, -0.2) is 38.1 Å². The number of hydrogen-bond donors (Lipinski definition) is 0. The zero-order valence-corrected chi connectivity index (χ0v) is 25.9. The summed E-state index contributed by atoms with van der Waals surface area (Å²) in [5, 5.41) is 0. The maximum Gasteiger partial charge on any atom is 0.124 e. The van der Waals surface area contributed by atoms with E-state index in [1.54, 1.807) is 18.3 Å². The predicted octanol–water partition coefficient (Wildman–Crippen LogP) is 9.55. The van der Waals surface area contributed by atoms with Crippen molar-refractivity contribution in [3.63, 3.8) is 0 Å². The van der Waals surface area contributed by atoms with Crippen LogP contribution in [0.1, 0.15) is 117 Å². The Balaban J connectivity index is 0.000000867. The quantitative estimate of drug-likeness (QED) is 0.108. The summed E-state index contributed by atoms with van der Waals surface area (Å²) in [5.74, 6) is 1.78. The SMILES string of the molecule is CCCCCCCCCCCCCC[P+](C)(CC(C)C)CC(C)C.Cc1ccc(S(=O)(=O)[O-])cc1. The van der Waals surface area contributed by atoms with Crippen LogP contribution in [0.3, 0.4) is 0 Å². The Bertz CT molecular complexity index is 716. The van der Waals surface area contributed by atoms with E-state index in [0.717, 1.165) is 17.4 Å². The Kier molecular flexibility index (Phi) is 19.4. The second kappa shape index (κ2) is 19.6. The molecule has 0 saturated heterocycles. The fraction of sp³-hybridized carbons (Fsp3) is 0.800. The first-order chi connectivity index (χ1) is 16.4. The smallest absolute Gasteiger partial charge is 0.124 e. The molecule has 35 heavy (non-hydrogen) atoms. The minimum Gasteiger partial charge on any atom is -0.744 e. The van der Waals surface area contributed by atoms with Gasteiger partial charge in [-0.3, -0.25) is 0 Å². The van der Waals surface area contributed by atoms with Crippen LogP contribution in [0.2, 0.25) is 0 Å². The van der Waals surface area contributed by atoms with Crippen molar-refractivity contribution in [2.75, 3.05) is 25.2 Å². The fourth-order valence-electron chi connectivity index (χ4n) is 5.06. The van der Waals surface area contributed by atoms with E-state index < -0.39 is 17.4 Å². The summed E-state index contributed by atoms with van der Waals surface area (Å²) in [6.45, 7) is 16.5. The topological polar surface area (TPSA) is 57.2 Å². The van der Waals surface area contributed by atoms with Gasteiger partial charge >= 0.3 is 0 Å². The summed E-state index contributed by atoms with van der Waals surface area (Å²) in [6, 6.07) is 5.78. The van der Waals surface area contributed by atoms with E-state index in [2.05, 4.69) is 41.3 Å². The van der Waals surface area contributed by atoms with Crippen molar-refractivity contribution in [1.82, 2.24) is 0 Å². The molecule has 1 aromatic carbocycles. The van der Waals surface area contributed by atoms with E-state index in [9.17, 15) is 13.0 Å². The molecule has 0 heterocycles. The van der Waals surface area contributed by atoms with Gasteiger partial charge in [-0.25, -0.2) is 8.42 Å². The molecule has 0 aliphatic carbocycles. The molecule has 0 amide bonds. The lowest BCUT2D eigenvalue weighted by Crippen LogP contribution is -2.14. The summed E-state index contributed by atoms with van der Waals surface area (Å²) in [4.78, 5) is -0.178. The molecule has 0 unspecified atom stereocenters. The van der Waals surface area contributed by atoms with Crippen LogP contribution in [-0.2, 0) is 10.1 Å². The second-order valence-electron chi connectivity index (χ2n) is 11.7. The first-order valence-corrected chi connectivity index (χ1v) is 18.5. The van der Waals surface area contributed by atoms with Crippen LogP contribution in [0.4, 0.5) is 0 Å². The zero-order chi connectivity index (χ0) is 26.7. The summed E-state index contributed by atoms with van der Waals surface area (Å²) in [5.41, 5.74) is 0.928. The predicted molar refractivity (Wildman–Crippen MR) is 157 cm³/mol. The number of hydrogen-bond acceptors (Lipinski definition) is 3. The molecule has 0 aliphatic rings. The Morgan fingerprint density at radius 3 is 1.43 bits per heavy atom. The average Bonchev–Trinajstić information content (AvgIpc) is 2.73. The van der Waals surface area contributed by atoms with Crippen molar-refractivity contribution in [3.05, 3.63) is 29.8 Å². The molecule has 0 spiro atoms. The molecule has 1 aromatic rings. The molecule has 3 nitrogen and oxygen atoms in total. The highest BCUT2D eigenvalue weighted by Gasteiger charge is 2.32. The molecule has 0 N–H and O–H groups in total. The molecule has 1 rings (SSSR count). The third kappa shape index (κ3) is 20.3. The molecule has 0 radical (unpaired) electrons. The van der Waals surface area contributed by atoms with E-state index in [-0.39, 0.29) is 4.90 Å². The molecular formula is C30H57O3PS. The van der Waals surface area contributed by atoms with Gasteiger partial charge in [-0.1, -0.05) is 117 Å². The molecule has 206 valence electrons. The first kappa shape index (κ1) is 34.6. The van der Waals surface area contributed by atoms with Crippen LogP contribution in [0, 0.1) is 18.8 Å². The van der Waals surface area contributed by atoms with Crippen molar-refractivity contribution in [2.45, 2.75) is 123 Å². The highest BCUT2D eigenvalue weighted by atomic mass is 32.2. The molecule has 0 aliphatic heterocycles. The second-order valence-corrected chi connectivity index (χ2v) is 17.4. The lowest BCUT2D eigenvalue weighted by Gasteiger charge is -2.27. The van der Waals surface area contributed by atoms with Gasteiger partial charge in [0.2, 0.25) is 0 Å². The summed E-state index contributed by atoms with van der Waals surface area (Å²) in [7, 11) is -4.93. The van der Waals surface area contributed by atoms with Gasteiger partial charge in [0.25, 0.3) is 0 Å². The van der Waals surface area contributed by atoms with E-state index in [1.165, 1.54) is 102 Å². The lowest BCUT2D eigenvalue weighted by atomic mass is 10.1. The van der Waals surface area contributed by atoms with Crippen LogP contribution in [0.5, 0.6) is 0 Å². The van der Waals surface area contributed by atoms with Gasteiger partial charge in [-0.05, 0) is 43.7 Å². The Morgan fingerprint density at radius 1 is 0.714 bits per heavy atom. The molecular weight excluding hydrogens is 471 g/mol. The highest BCUT2D eigenvalue weighted by molar-refractivity contribution is 7.85. The van der Waals surface area contributed by atoms with Gasteiger partial charge in [0.1, 0.15) is 10.1 Å². The molecule has 0 aromatic heterocycles. The molecule has 0 fully saturated rings. The number of rotatable bonds is 18. The lowest BCUT2D eigenvalue weighted by molar-refractivity contribution is 0.463. The maximum absolute atomic E-state index is 10.4. The number of benzene rings is 1. The standard InChI is InChI=1S/C23H50P.C7H8O3S/c1-7-8-9-10-11-12-13-14-15-16-17-18-19-24(6,20-22(2)3)21-23(4)5;1-6-2-4-7(5-3-6)11(8,9)10/h22-23H,7-21H2,1-6H3;2-5H,1H3,(H,8,9,10)/q+1;/p-1. The third-order valence-electron chi connectivity index (χ3n) is 6.47. The Labute approximate surface area is 220 Å². The van der Waals surface area contributed by atoms with Crippen molar-refractivity contribution in [1.29, 1.82) is 0 Å². The highest BCUT2D eigenvalue weighted by Crippen LogP contribution is 2.58. The Hall–Kier alpha value is -0.440. The van der Waals surface area contributed by atoms with Gasteiger partial charge < -0.3 is 4.55 Å². The summed E-state index contributed by atoms with van der Waals surface area (Å²) < 4.78 is 31.2. The molecule has 0 saturated carbocycles. The van der Waals surface area contributed by atoms with Crippen molar-refractivity contribution < 1.29 is 13.0 Å². The number of unbranched alkanes of at least 4 members (excludes halogenated alkanes) is 11. The van der Waals surface area contributed by atoms with Gasteiger partial charge in [0.15, 0.2) is 0 Å². The normalized spacial score (nSPS) is 12.2. The minimum absolute atomic E-state index is 0.178. The largest absolute Gasteiger partial charge is 0.744 e. The van der Waals surface area contributed by atoms with Crippen molar-refractivity contribution >= 4 is 17.4 Å². The van der Waals surface area contributed by atoms with Gasteiger partial charge in [0.05, 0.1) is 23.4 Å². The first-order valence-electron chi connectivity index (χ1n) is 14.3. The summed E-state index contributed by atoms with van der Waals surface area (Å²) >= 11 is 0. The van der Waals surface area contributed by atoms with E-state index in [0.29, 0.717) is 0 Å². The summed E-state index contributed by atoms with van der Waals surface area (Å²) in [6.07, 6.45) is 22.2. The van der Waals surface area contributed by atoms with Crippen molar-refractivity contribution in [2.24, 2.45) is 11.8 Å². The van der Waals surface area contributed by atoms with Gasteiger partial charge in [-0.2, -0.15) is 0 Å². The van der Waals surface area contributed by atoms with Crippen LogP contribution in [0.15, 0.2) is 29.2 Å². The van der Waals surface area contributed by atoms with Gasteiger partial charge in [-0.15, -0.1) is 0 Å². The van der Waals surface area contributed by atoms with E-state index >= 15 is 0 Å². The number of aryl methyl sites for hydroxylation is 1. The zero-order valence-electron chi connectivity index (χ0n) is 24.2. The third-order valence-corrected chi connectivity index (χ3v) is 11.9. The monoisotopic (exact) mass is 528 g/mol. The van der Waals surface area contributed by atoms with Crippen LogP contribution in [0.25, 0.3) is 0 Å². The minimum atomic E-state index is -4.27. The van der Waals surface area contributed by atoms with Crippen molar-refractivity contribution in [3.8, 4) is 0 Å². The Morgan fingerprint density at radius 2 is 1.09 bits per heavy atom. The average molecular weight is 529 g/mol. The molecule has 5 heteroatoms. The molecule has 0 atom stereocenters. The van der Waals surface area contributed by atoms with Gasteiger partial charge in [0, 0.05) is 13.9 Å². The maximum atomic E-state index is 10.4. The van der Waals surface area contributed by atoms with E-state index in [1.807, 2.05) is 6.92 Å². The molecule has 0 bridgehead atoms. The van der Waals surface area contributed by atoms with Crippen LogP contribution >= 0.6 is 7.26 Å².